The molecule has 0 aliphatic carbocycles. The van der Waals surface area contributed by atoms with Crippen molar-refractivity contribution in [2.75, 3.05) is 0 Å². The molecule has 0 saturated heterocycles. The summed E-state index contributed by atoms with van der Waals surface area (Å²) >= 11 is 0. The molecule has 1 aromatic heterocycles. The molecular weight excluding hydrogens is 350 g/mol. The maximum atomic E-state index is 11.5. The third-order valence-electron chi connectivity index (χ3n) is 4.81. The van der Waals surface area contributed by atoms with Gasteiger partial charge in [-0.05, 0) is 53.9 Å². The molecule has 0 saturated carbocycles. The summed E-state index contributed by atoms with van der Waals surface area (Å²) in [6, 6.07) is 23.5. The van der Waals surface area contributed by atoms with Gasteiger partial charge in [-0.25, -0.2) is 0 Å². The summed E-state index contributed by atoms with van der Waals surface area (Å²) in [6.07, 6.45) is 0.871. The number of aryl methyl sites for hydroxylation is 1. The van der Waals surface area contributed by atoms with Gasteiger partial charge in [0.25, 0.3) is 0 Å². The Labute approximate surface area is 163 Å². The zero-order chi connectivity index (χ0) is 19.5. The minimum atomic E-state index is -0.847. The standard InChI is InChI=1S/C24H21NO3/c1-2-16-11-12-22-20(13-16)21(15-23(26)27)24(25-22)17-7-6-10-19(14-17)28-18-8-4-3-5-9-18/h3-14,25H,2,15H2,1H3,(H,26,27). The van der Waals surface area contributed by atoms with E-state index in [4.69, 9.17) is 4.74 Å². The molecule has 0 fully saturated rings. The van der Waals surface area contributed by atoms with E-state index in [0.29, 0.717) is 5.75 Å². The number of rotatable bonds is 6. The van der Waals surface area contributed by atoms with E-state index in [1.807, 2.05) is 60.7 Å². The van der Waals surface area contributed by atoms with Crippen LogP contribution in [0.3, 0.4) is 0 Å². The number of carboxylic acids is 1. The van der Waals surface area contributed by atoms with E-state index in [1.54, 1.807) is 0 Å². The lowest BCUT2D eigenvalue weighted by molar-refractivity contribution is -0.136. The molecule has 3 aromatic carbocycles. The van der Waals surface area contributed by atoms with Gasteiger partial charge >= 0.3 is 5.97 Å². The summed E-state index contributed by atoms with van der Waals surface area (Å²) in [7, 11) is 0. The molecule has 0 aliphatic rings. The third-order valence-corrected chi connectivity index (χ3v) is 4.81. The number of H-pyrrole nitrogens is 1. The first-order valence-electron chi connectivity index (χ1n) is 9.32. The molecule has 4 heteroatoms. The molecule has 0 amide bonds. The SMILES string of the molecule is CCc1ccc2[nH]c(-c3cccc(Oc4ccccc4)c3)c(CC(=O)O)c2c1. The van der Waals surface area contributed by atoms with Crippen molar-refractivity contribution >= 4 is 16.9 Å². The predicted octanol–water partition coefficient (Wildman–Crippen LogP) is 5.82. The first-order valence-corrected chi connectivity index (χ1v) is 9.32. The van der Waals surface area contributed by atoms with Crippen molar-refractivity contribution in [3.8, 4) is 22.8 Å². The lowest BCUT2D eigenvalue weighted by Crippen LogP contribution is -2.01. The average Bonchev–Trinajstić information content (AvgIpc) is 3.06. The Hall–Kier alpha value is -3.53. The Bertz CT molecular complexity index is 1130. The van der Waals surface area contributed by atoms with Crippen molar-refractivity contribution in [2.24, 2.45) is 0 Å². The molecule has 0 atom stereocenters. The number of hydrogen-bond donors (Lipinski definition) is 2. The highest BCUT2D eigenvalue weighted by Crippen LogP contribution is 2.34. The van der Waals surface area contributed by atoms with Crippen LogP contribution in [0.25, 0.3) is 22.2 Å². The highest BCUT2D eigenvalue weighted by Gasteiger charge is 2.17. The fourth-order valence-electron chi connectivity index (χ4n) is 3.44. The number of ether oxygens (including phenoxy) is 1. The number of fused-ring (bicyclic) bond motifs is 1. The fourth-order valence-corrected chi connectivity index (χ4v) is 3.44. The second kappa shape index (κ2) is 7.61. The fraction of sp³-hybridized carbons (Fsp3) is 0.125. The van der Waals surface area contributed by atoms with E-state index in [9.17, 15) is 9.90 Å². The topological polar surface area (TPSA) is 62.3 Å². The first kappa shape index (κ1) is 17.9. The Kier molecular flexibility index (Phi) is 4.85. The first-order chi connectivity index (χ1) is 13.6. The van der Waals surface area contributed by atoms with Gasteiger partial charge < -0.3 is 14.8 Å². The van der Waals surface area contributed by atoms with E-state index in [0.717, 1.165) is 39.9 Å². The van der Waals surface area contributed by atoms with Gasteiger partial charge in [0.05, 0.1) is 12.1 Å². The second-order valence-electron chi connectivity index (χ2n) is 6.73. The average molecular weight is 371 g/mol. The van der Waals surface area contributed by atoms with Gasteiger partial charge in [0.1, 0.15) is 11.5 Å². The second-order valence-corrected chi connectivity index (χ2v) is 6.73. The summed E-state index contributed by atoms with van der Waals surface area (Å²) in [5, 5.41) is 10.4. The molecule has 140 valence electrons. The minimum Gasteiger partial charge on any atom is -0.481 e. The number of nitrogens with one attached hydrogen (secondary N) is 1. The van der Waals surface area contributed by atoms with Crippen LogP contribution in [0.2, 0.25) is 0 Å². The van der Waals surface area contributed by atoms with Gasteiger partial charge in [-0.15, -0.1) is 0 Å². The molecule has 4 aromatic rings. The Morgan fingerprint density at radius 3 is 2.50 bits per heavy atom. The van der Waals surface area contributed by atoms with Crippen molar-refractivity contribution in [1.29, 1.82) is 0 Å². The van der Waals surface area contributed by atoms with Gasteiger partial charge in [0.2, 0.25) is 0 Å². The molecular formula is C24H21NO3. The molecule has 0 spiro atoms. The number of carboxylic acid groups (broad SMARTS) is 1. The molecule has 28 heavy (non-hydrogen) atoms. The van der Waals surface area contributed by atoms with Crippen molar-refractivity contribution in [2.45, 2.75) is 19.8 Å². The maximum Gasteiger partial charge on any atom is 0.307 e. The van der Waals surface area contributed by atoms with Crippen molar-refractivity contribution in [1.82, 2.24) is 4.98 Å². The van der Waals surface area contributed by atoms with Gasteiger partial charge in [-0.1, -0.05) is 43.3 Å². The number of benzene rings is 3. The van der Waals surface area contributed by atoms with Crippen LogP contribution >= 0.6 is 0 Å². The van der Waals surface area contributed by atoms with Crippen molar-refractivity contribution in [3.05, 3.63) is 83.9 Å². The Morgan fingerprint density at radius 1 is 0.964 bits per heavy atom. The largest absolute Gasteiger partial charge is 0.481 e. The van der Waals surface area contributed by atoms with Crippen LogP contribution < -0.4 is 4.74 Å². The van der Waals surface area contributed by atoms with Crippen molar-refractivity contribution in [3.63, 3.8) is 0 Å². The van der Waals surface area contributed by atoms with Crippen LogP contribution in [-0.4, -0.2) is 16.1 Å². The number of hydrogen-bond acceptors (Lipinski definition) is 2. The molecule has 0 radical (unpaired) electrons. The highest BCUT2D eigenvalue weighted by atomic mass is 16.5. The lowest BCUT2D eigenvalue weighted by atomic mass is 10.0. The quantitative estimate of drug-likeness (QED) is 0.449. The van der Waals surface area contributed by atoms with Crippen LogP contribution in [0.15, 0.2) is 72.8 Å². The molecule has 4 nitrogen and oxygen atoms in total. The highest BCUT2D eigenvalue weighted by molar-refractivity contribution is 5.94. The van der Waals surface area contributed by atoms with E-state index in [1.165, 1.54) is 5.56 Å². The summed E-state index contributed by atoms with van der Waals surface area (Å²) in [4.78, 5) is 14.9. The van der Waals surface area contributed by atoms with Gasteiger partial charge in [0, 0.05) is 16.5 Å². The molecule has 1 heterocycles. The predicted molar refractivity (Wildman–Crippen MR) is 111 cm³/mol. The van der Waals surface area contributed by atoms with Crippen LogP contribution in [0.4, 0.5) is 0 Å². The Morgan fingerprint density at radius 2 is 1.75 bits per heavy atom. The smallest absolute Gasteiger partial charge is 0.307 e. The number of aliphatic carboxylic acids is 1. The normalized spacial score (nSPS) is 10.9. The minimum absolute atomic E-state index is 0.0354. The van der Waals surface area contributed by atoms with Crippen LogP contribution in [0, 0.1) is 0 Å². The third kappa shape index (κ3) is 3.62. The molecule has 0 aliphatic heterocycles. The number of para-hydroxylation sites is 1. The zero-order valence-electron chi connectivity index (χ0n) is 15.6. The van der Waals surface area contributed by atoms with Gasteiger partial charge in [-0.2, -0.15) is 0 Å². The van der Waals surface area contributed by atoms with Gasteiger partial charge in [0.15, 0.2) is 0 Å². The number of aromatic nitrogens is 1. The number of aromatic amines is 1. The van der Waals surface area contributed by atoms with Crippen LogP contribution in [-0.2, 0) is 17.6 Å². The molecule has 2 N–H and O–H groups in total. The zero-order valence-corrected chi connectivity index (χ0v) is 15.6. The van der Waals surface area contributed by atoms with Crippen LogP contribution in [0.5, 0.6) is 11.5 Å². The maximum absolute atomic E-state index is 11.5. The summed E-state index contributed by atoms with van der Waals surface area (Å²) < 4.78 is 5.94. The number of carbonyl (C=O) groups is 1. The summed E-state index contributed by atoms with van der Waals surface area (Å²) in [5.41, 5.74) is 4.65. The van der Waals surface area contributed by atoms with E-state index < -0.39 is 5.97 Å². The van der Waals surface area contributed by atoms with Gasteiger partial charge in [-0.3, -0.25) is 4.79 Å². The summed E-state index contributed by atoms with van der Waals surface area (Å²) in [6.45, 7) is 2.09. The van der Waals surface area contributed by atoms with Crippen molar-refractivity contribution < 1.29 is 14.6 Å². The molecule has 4 rings (SSSR count). The molecule has 0 unspecified atom stereocenters. The Balaban J connectivity index is 1.79. The van der Waals surface area contributed by atoms with E-state index in [2.05, 4.69) is 24.0 Å². The molecule has 0 bridgehead atoms. The van der Waals surface area contributed by atoms with E-state index >= 15 is 0 Å². The lowest BCUT2D eigenvalue weighted by Gasteiger charge is -2.08. The van der Waals surface area contributed by atoms with Crippen LogP contribution in [0.1, 0.15) is 18.1 Å². The van der Waals surface area contributed by atoms with E-state index in [-0.39, 0.29) is 6.42 Å². The monoisotopic (exact) mass is 371 g/mol. The summed E-state index contributed by atoms with van der Waals surface area (Å²) in [5.74, 6) is 0.619.